The molecule has 0 aromatic carbocycles. The van der Waals surface area contributed by atoms with Gasteiger partial charge in [0.25, 0.3) is 0 Å². The fourth-order valence-corrected chi connectivity index (χ4v) is 2.87. The van der Waals surface area contributed by atoms with Gasteiger partial charge in [0.05, 0.1) is 20.2 Å². The molecule has 1 fully saturated rings. The molecule has 2 heterocycles. The van der Waals surface area contributed by atoms with E-state index in [4.69, 9.17) is 4.74 Å². The molecule has 0 spiro atoms. The third kappa shape index (κ3) is 2.57. The second-order valence-corrected chi connectivity index (χ2v) is 5.07. The van der Waals surface area contributed by atoms with Crippen LogP contribution in [-0.2, 0) is 16.1 Å². The first-order valence-corrected chi connectivity index (χ1v) is 7.15. The lowest BCUT2D eigenvalue weighted by Crippen LogP contribution is -2.66. The third-order valence-electron chi connectivity index (χ3n) is 4.18. The van der Waals surface area contributed by atoms with Gasteiger partial charge in [-0.05, 0) is 18.9 Å². The number of carbonyl (C=O) groups is 2. The number of pyridine rings is 1. The van der Waals surface area contributed by atoms with E-state index in [9.17, 15) is 9.59 Å². The Balaban J connectivity index is 2.38. The average molecular weight is 291 g/mol. The molecule has 114 valence electrons. The Hall–Kier alpha value is -2.11. The fourth-order valence-electron chi connectivity index (χ4n) is 2.87. The Kier molecular flexibility index (Phi) is 4.45. The van der Waals surface area contributed by atoms with E-state index < -0.39 is 5.54 Å². The maximum atomic E-state index is 12.3. The topological polar surface area (TPSA) is 71.5 Å². The Morgan fingerprint density at radius 2 is 2.10 bits per heavy atom. The van der Waals surface area contributed by atoms with Crippen LogP contribution in [0.4, 0.5) is 0 Å². The van der Waals surface area contributed by atoms with E-state index in [1.54, 1.807) is 24.3 Å². The number of hydrogen-bond donors (Lipinski definition) is 1. The molecule has 0 aliphatic carbocycles. The van der Waals surface area contributed by atoms with Gasteiger partial charge in [0.15, 0.2) is 0 Å². The summed E-state index contributed by atoms with van der Waals surface area (Å²) in [4.78, 5) is 30.5. The molecular weight excluding hydrogens is 270 g/mol. The molecule has 6 nitrogen and oxygen atoms in total. The predicted octanol–water partition coefficient (Wildman–Crippen LogP) is 1.11. The van der Waals surface area contributed by atoms with Crippen molar-refractivity contribution in [2.75, 3.05) is 13.7 Å². The zero-order chi connectivity index (χ0) is 15.5. The van der Waals surface area contributed by atoms with Crippen molar-refractivity contribution in [2.45, 2.75) is 38.8 Å². The highest BCUT2D eigenvalue weighted by Crippen LogP contribution is 2.30. The monoisotopic (exact) mass is 291 g/mol. The summed E-state index contributed by atoms with van der Waals surface area (Å²) in [5, 5.41) is 2.69. The van der Waals surface area contributed by atoms with E-state index in [2.05, 4.69) is 10.3 Å². The number of aromatic nitrogens is 1. The maximum absolute atomic E-state index is 12.3. The first-order chi connectivity index (χ1) is 10.1. The largest absolute Gasteiger partial charge is 0.481 e. The van der Waals surface area contributed by atoms with Crippen LogP contribution in [-0.4, -0.2) is 40.9 Å². The van der Waals surface area contributed by atoms with Gasteiger partial charge in [-0.25, -0.2) is 4.98 Å². The second-order valence-electron chi connectivity index (χ2n) is 5.07. The molecular formula is C15H21N3O3. The zero-order valence-electron chi connectivity index (χ0n) is 12.7. The molecule has 1 aliphatic rings. The SMILES string of the molecule is CCC1(CC)C(=O)NCC(=O)N1Cc1cccnc1OC. The van der Waals surface area contributed by atoms with Crippen LogP contribution in [0.3, 0.4) is 0 Å². The average Bonchev–Trinajstić information content (AvgIpc) is 2.52. The highest BCUT2D eigenvalue weighted by molar-refractivity contribution is 5.97. The van der Waals surface area contributed by atoms with Gasteiger partial charge in [0.2, 0.25) is 17.7 Å². The van der Waals surface area contributed by atoms with E-state index in [1.807, 2.05) is 19.9 Å². The van der Waals surface area contributed by atoms with Crippen molar-refractivity contribution in [3.05, 3.63) is 23.9 Å². The van der Waals surface area contributed by atoms with Gasteiger partial charge in [0.1, 0.15) is 5.54 Å². The van der Waals surface area contributed by atoms with Gasteiger partial charge in [0, 0.05) is 11.8 Å². The number of hydrogen-bond acceptors (Lipinski definition) is 4. The lowest BCUT2D eigenvalue weighted by Gasteiger charge is -2.45. The summed E-state index contributed by atoms with van der Waals surface area (Å²) >= 11 is 0. The number of methoxy groups -OCH3 is 1. The minimum Gasteiger partial charge on any atom is -0.481 e. The molecule has 1 N–H and O–H groups in total. The van der Waals surface area contributed by atoms with Gasteiger partial charge < -0.3 is 15.0 Å². The molecule has 6 heteroatoms. The maximum Gasteiger partial charge on any atom is 0.246 e. The molecule has 1 aromatic heterocycles. The first-order valence-electron chi connectivity index (χ1n) is 7.15. The van der Waals surface area contributed by atoms with Crippen LogP contribution in [0.1, 0.15) is 32.3 Å². The normalized spacial score (nSPS) is 17.6. The molecule has 0 unspecified atom stereocenters. The fraction of sp³-hybridized carbons (Fsp3) is 0.533. The smallest absolute Gasteiger partial charge is 0.246 e. The van der Waals surface area contributed by atoms with E-state index in [0.717, 1.165) is 5.56 Å². The Bertz CT molecular complexity index is 541. The van der Waals surface area contributed by atoms with Crippen molar-refractivity contribution in [1.29, 1.82) is 0 Å². The quantitative estimate of drug-likeness (QED) is 0.882. The standard InChI is InChI=1S/C15H21N3O3/c1-4-15(5-2)14(20)17-9-12(19)18(15)10-11-7-6-8-16-13(11)21-3/h6-8H,4-5,9-10H2,1-3H3,(H,17,20). The van der Waals surface area contributed by atoms with E-state index in [-0.39, 0.29) is 18.4 Å². The summed E-state index contributed by atoms with van der Waals surface area (Å²) in [6, 6.07) is 3.66. The number of amides is 2. The molecule has 21 heavy (non-hydrogen) atoms. The third-order valence-corrected chi connectivity index (χ3v) is 4.18. The van der Waals surface area contributed by atoms with Gasteiger partial charge in [-0.1, -0.05) is 19.9 Å². The summed E-state index contributed by atoms with van der Waals surface area (Å²) < 4.78 is 5.23. The molecule has 0 atom stereocenters. The van der Waals surface area contributed by atoms with Crippen LogP contribution in [0.15, 0.2) is 18.3 Å². The van der Waals surface area contributed by atoms with Crippen LogP contribution in [0.2, 0.25) is 0 Å². The summed E-state index contributed by atoms with van der Waals surface area (Å²) in [5.74, 6) is 0.316. The lowest BCUT2D eigenvalue weighted by molar-refractivity contribution is -0.155. The van der Waals surface area contributed by atoms with Crippen LogP contribution >= 0.6 is 0 Å². The molecule has 1 saturated heterocycles. The molecule has 0 saturated carbocycles. The molecule has 2 rings (SSSR count). The van der Waals surface area contributed by atoms with Crippen LogP contribution in [0.25, 0.3) is 0 Å². The van der Waals surface area contributed by atoms with Crippen LogP contribution in [0.5, 0.6) is 5.88 Å². The minimum absolute atomic E-state index is 0.0448. The highest BCUT2D eigenvalue weighted by Gasteiger charge is 2.46. The van der Waals surface area contributed by atoms with Gasteiger partial charge in [-0.2, -0.15) is 0 Å². The van der Waals surface area contributed by atoms with Crippen molar-refractivity contribution in [3.63, 3.8) is 0 Å². The van der Waals surface area contributed by atoms with Crippen molar-refractivity contribution >= 4 is 11.8 Å². The lowest BCUT2D eigenvalue weighted by atomic mass is 9.87. The number of nitrogens with one attached hydrogen (secondary N) is 1. The molecule has 0 radical (unpaired) electrons. The molecule has 1 aromatic rings. The number of nitrogens with zero attached hydrogens (tertiary/aromatic N) is 2. The van der Waals surface area contributed by atoms with Gasteiger partial charge in [-0.3, -0.25) is 9.59 Å². The van der Waals surface area contributed by atoms with Gasteiger partial charge in [-0.15, -0.1) is 0 Å². The highest BCUT2D eigenvalue weighted by atomic mass is 16.5. The van der Waals surface area contributed by atoms with E-state index >= 15 is 0 Å². The van der Waals surface area contributed by atoms with Crippen molar-refractivity contribution in [2.24, 2.45) is 0 Å². The van der Waals surface area contributed by atoms with Crippen molar-refractivity contribution < 1.29 is 14.3 Å². The van der Waals surface area contributed by atoms with Crippen molar-refractivity contribution in [1.82, 2.24) is 15.2 Å². The number of rotatable bonds is 5. The Morgan fingerprint density at radius 3 is 2.71 bits per heavy atom. The molecule has 1 aliphatic heterocycles. The Morgan fingerprint density at radius 1 is 1.38 bits per heavy atom. The van der Waals surface area contributed by atoms with Crippen LogP contribution in [0, 0.1) is 0 Å². The summed E-state index contributed by atoms with van der Waals surface area (Å²) in [5.41, 5.74) is 0.00485. The Labute approximate surface area is 124 Å². The first kappa shape index (κ1) is 15.3. The number of piperazine rings is 1. The minimum atomic E-state index is -0.795. The number of ether oxygens (including phenoxy) is 1. The van der Waals surface area contributed by atoms with Gasteiger partial charge >= 0.3 is 0 Å². The molecule has 2 amide bonds. The second kappa shape index (κ2) is 6.11. The predicted molar refractivity (Wildman–Crippen MR) is 77.7 cm³/mol. The molecule has 0 bridgehead atoms. The summed E-state index contributed by atoms with van der Waals surface area (Å²) in [7, 11) is 1.55. The van der Waals surface area contributed by atoms with E-state index in [0.29, 0.717) is 25.3 Å². The number of carbonyl (C=O) groups excluding carboxylic acids is 2. The van der Waals surface area contributed by atoms with Crippen molar-refractivity contribution in [3.8, 4) is 5.88 Å². The summed E-state index contributed by atoms with van der Waals surface area (Å²) in [6.45, 7) is 4.22. The van der Waals surface area contributed by atoms with E-state index in [1.165, 1.54) is 0 Å². The summed E-state index contributed by atoms with van der Waals surface area (Å²) in [6.07, 6.45) is 2.78. The zero-order valence-corrected chi connectivity index (χ0v) is 12.7. The van der Waals surface area contributed by atoms with Crippen LogP contribution < -0.4 is 10.1 Å².